The van der Waals surface area contributed by atoms with Crippen LogP contribution in [0.15, 0.2) is 109 Å². The Morgan fingerprint density at radius 2 is 1.31 bits per heavy atom. The van der Waals surface area contributed by atoms with E-state index < -0.39 is 64.0 Å². The number of aliphatic hydroxyl groups excluding tert-OH is 1. The van der Waals surface area contributed by atoms with E-state index in [2.05, 4.69) is 21.3 Å². The first kappa shape index (κ1) is 44.9. The van der Waals surface area contributed by atoms with Crippen LogP contribution in [0.5, 0.6) is 5.75 Å². The summed E-state index contributed by atoms with van der Waals surface area (Å²) in [7, 11) is -1.22. The smallest absolute Gasteiger partial charge is 0.251 e. The van der Waals surface area contributed by atoms with Crippen molar-refractivity contribution in [1.82, 2.24) is 21.3 Å². The van der Waals surface area contributed by atoms with E-state index in [0.717, 1.165) is 21.7 Å². The summed E-state index contributed by atoms with van der Waals surface area (Å²) in [6, 6.07) is 28.8. The fourth-order valence-corrected chi connectivity index (χ4v) is 6.41. The SMILES string of the molecule is CO[C@H](C[C@H](O)[C@H](COc1ccccc1)NC(=O)c1cc(C(=O)N[C@H](C)c2ccccc2)cc(N(C)S(C)(=O)=O)c1)C(=O)N[C@H](C(=O)NCc1ccccc1)C(C)C. The van der Waals surface area contributed by atoms with Gasteiger partial charge in [0.15, 0.2) is 0 Å². The van der Waals surface area contributed by atoms with Gasteiger partial charge in [0.2, 0.25) is 21.8 Å². The molecule has 0 aromatic heterocycles. The lowest BCUT2D eigenvalue weighted by Gasteiger charge is -2.28. The van der Waals surface area contributed by atoms with Gasteiger partial charge in [-0.25, -0.2) is 8.42 Å². The maximum atomic E-state index is 14.0. The molecule has 0 aliphatic carbocycles. The molecule has 0 aliphatic rings. The van der Waals surface area contributed by atoms with Crippen LogP contribution in [0.25, 0.3) is 0 Å². The number of amides is 4. The number of aliphatic hydroxyl groups is 1. The summed E-state index contributed by atoms with van der Waals surface area (Å²) in [5, 5.41) is 22.8. The van der Waals surface area contributed by atoms with Gasteiger partial charge in [-0.2, -0.15) is 0 Å². The zero-order valence-electron chi connectivity index (χ0n) is 33.5. The van der Waals surface area contributed by atoms with E-state index in [1.807, 2.05) is 60.7 Å². The number of hydrogen-bond donors (Lipinski definition) is 5. The summed E-state index contributed by atoms with van der Waals surface area (Å²) in [5.74, 6) is -2.21. The number of nitrogens with zero attached hydrogens (tertiary/aromatic N) is 1. The van der Waals surface area contributed by atoms with E-state index in [9.17, 15) is 32.7 Å². The Morgan fingerprint density at radius 3 is 1.86 bits per heavy atom. The van der Waals surface area contributed by atoms with Crippen LogP contribution < -0.4 is 30.3 Å². The molecule has 0 aliphatic heterocycles. The van der Waals surface area contributed by atoms with Gasteiger partial charge in [-0.3, -0.25) is 23.5 Å². The first-order chi connectivity index (χ1) is 27.6. The van der Waals surface area contributed by atoms with E-state index in [1.54, 1.807) is 51.1 Å². The number of nitrogens with one attached hydrogen (secondary N) is 4. The Hall–Kier alpha value is -5.77. The fourth-order valence-electron chi connectivity index (χ4n) is 5.93. The molecule has 310 valence electrons. The number of ether oxygens (including phenoxy) is 2. The number of methoxy groups -OCH3 is 1. The van der Waals surface area contributed by atoms with Gasteiger partial charge < -0.3 is 35.8 Å². The largest absolute Gasteiger partial charge is 0.491 e. The minimum absolute atomic E-state index is 0.0159. The second-order valence-electron chi connectivity index (χ2n) is 14.3. The molecular weight excluding hydrogens is 763 g/mol. The lowest BCUT2D eigenvalue weighted by molar-refractivity contribution is -0.137. The number of benzene rings is 4. The molecule has 0 saturated heterocycles. The lowest BCUT2D eigenvalue weighted by Crippen LogP contribution is -2.54. The maximum Gasteiger partial charge on any atom is 0.251 e. The minimum Gasteiger partial charge on any atom is -0.491 e. The van der Waals surface area contributed by atoms with Gasteiger partial charge in [-0.05, 0) is 54.3 Å². The standard InChI is InChI=1S/C43H53N5O9S/c1-28(2)39(43(53)44-26-30-16-10-7-11-17-30)47-42(52)38(56-5)25-37(49)36(27-57-35-20-14-9-15-21-35)46-41(51)33-22-32(23-34(24-33)48(4)58(6,54)55)40(50)45-29(3)31-18-12-8-13-19-31/h7-24,28-29,36-39,49H,25-27H2,1-6H3,(H,44,53)(H,45,50)(H,46,51)(H,47,52)/t29-,36+,37+,38-,39+/m1/s1. The zero-order valence-corrected chi connectivity index (χ0v) is 34.4. The van der Waals surface area contributed by atoms with Crippen molar-refractivity contribution < 1.29 is 42.2 Å². The van der Waals surface area contributed by atoms with E-state index in [-0.39, 0.29) is 42.3 Å². The monoisotopic (exact) mass is 815 g/mol. The zero-order chi connectivity index (χ0) is 42.4. The van der Waals surface area contributed by atoms with Crippen LogP contribution >= 0.6 is 0 Å². The number of para-hydroxylation sites is 1. The molecule has 15 heteroatoms. The number of hydrogen-bond acceptors (Lipinski definition) is 9. The van der Waals surface area contributed by atoms with Crippen molar-refractivity contribution >= 4 is 39.3 Å². The van der Waals surface area contributed by atoms with E-state index in [4.69, 9.17) is 9.47 Å². The second kappa shape index (κ2) is 21.1. The number of rotatable bonds is 20. The normalized spacial score (nSPS) is 13.9. The first-order valence-electron chi connectivity index (χ1n) is 18.8. The Labute approximate surface area is 340 Å². The third-order valence-corrected chi connectivity index (χ3v) is 10.7. The molecule has 5 atom stereocenters. The van der Waals surface area contributed by atoms with Gasteiger partial charge in [0.25, 0.3) is 11.8 Å². The van der Waals surface area contributed by atoms with Crippen LogP contribution in [-0.4, -0.2) is 88.5 Å². The molecule has 4 aromatic carbocycles. The summed E-state index contributed by atoms with van der Waals surface area (Å²) in [4.78, 5) is 54.3. The van der Waals surface area contributed by atoms with Crippen molar-refractivity contribution in [1.29, 1.82) is 0 Å². The Bertz CT molecular complexity index is 2090. The molecule has 0 fully saturated rings. The van der Waals surface area contributed by atoms with Gasteiger partial charge in [0, 0.05) is 38.2 Å². The van der Waals surface area contributed by atoms with Crippen molar-refractivity contribution in [2.45, 2.75) is 64.1 Å². The summed E-state index contributed by atoms with van der Waals surface area (Å²) in [6.07, 6.45) is -2.01. The molecule has 14 nitrogen and oxygen atoms in total. The summed E-state index contributed by atoms with van der Waals surface area (Å²) in [6.45, 7) is 5.38. The predicted octanol–water partition coefficient (Wildman–Crippen LogP) is 3.97. The molecule has 4 rings (SSSR count). The quantitative estimate of drug-likeness (QED) is 0.0879. The van der Waals surface area contributed by atoms with E-state index >= 15 is 0 Å². The van der Waals surface area contributed by atoms with Crippen LogP contribution in [0.4, 0.5) is 5.69 Å². The van der Waals surface area contributed by atoms with Crippen molar-refractivity contribution in [2.24, 2.45) is 5.92 Å². The molecular formula is C43H53N5O9S. The summed E-state index contributed by atoms with van der Waals surface area (Å²) >= 11 is 0. The molecule has 0 heterocycles. The molecule has 0 radical (unpaired) electrons. The Kier molecular flexibility index (Phi) is 16.4. The van der Waals surface area contributed by atoms with Gasteiger partial charge in [0.1, 0.15) is 24.5 Å². The van der Waals surface area contributed by atoms with Crippen molar-refractivity contribution in [2.75, 3.05) is 31.3 Å². The van der Waals surface area contributed by atoms with Crippen molar-refractivity contribution in [3.05, 3.63) is 131 Å². The topological polar surface area (TPSA) is 192 Å². The number of carbonyl (C=O) groups excluding carboxylic acids is 4. The average molecular weight is 816 g/mol. The number of carbonyl (C=O) groups is 4. The lowest BCUT2D eigenvalue weighted by atomic mass is 10.0. The first-order valence-corrected chi connectivity index (χ1v) is 20.7. The molecule has 4 aromatic rings. The molecule has 4 amide bonds. The molecule has 0 bridgehead atoms. The molecule has 0 unspecified atom stereocenters. The van der Waals surface area contributed by atoms with Crippen LogP contribution in [-0.2, 0) is 30.9 Å². The average Bonchev–Trinajstić information content (AvgIpc) is 3.22. The van der Waals surface area contributed by atoms with E-state index in [1.165, 1.54) is 32.4 Å². The van der Waals surface area contributed by atoms with Crippen LogP contribution in [0, 0.1) is 5.92 Å². The van der Waals surface area contributed by atoms with Gasteiger partial charge in [0.05, 0.1) is 30.1 Å². The van der Waals surface area contributed by atoms with Crippen molar-refractivity contribution in [3.63, 3.8) is 0 Å². The number of sulfonamides is 1. The molecule has 0 spiro atoms. The summed E-state index contributed by atoms with van der Waals surface area (Å²) in [5.41, 5.74) is 1.71. The van der Waals surface area contributed by atoms with Crippen LogP contribution in [0.2, 0.25) is 0 Å². The maximum absolute atomic E-state index is 14.0. The highest BCUT2D eigenvalue weighted by atomic mass is 32.2. The van der Waals surface area contributed by atoms with Crippen molar-refractivity contribution in [3.8, 4) is 5.75 Å². The fraction of sp³-hybridized carbons (Fsp3) is 0.349. The number of anilines is 1. The Morgan fingerprint density at radius 1 is 0.759 bits per heavy atom. The highest BCUT2D eigenvalue weighted by Gasteiger charge is 2.33. The van der Waals surface area contributed by atoms with Crippen LogP contribution in [0.3, 0.4) is 0 Å². The van der Waals surface area contributed by atoms with E-state index in [0.29, 0.717) is 5.75 Å². The van der Waals surface area contributed by atoms with Gasteiger partial charge >= 0.3 is 0 Å². The predicted molar refractivity (Wildman–Crippen MR) is 222 cm³/mol. The Balaban J connectivity index is 1.57. The molecule has 58 heavy (non-hydrogen) atoms. The minimum atomic E-state index is -3.81. The van der Waals surface area contributed by atoms with Gasteiger partial charge in [-0.1, -0.05) is 92.7 Å². The highest BCUT2D eigenvalue weighted by Crippen LogP contribution is 2.23. The highest BCUT2D eigenvalue weighted by molar-refractivity contribution is 7.92. The molecule has 0 saturated carbocycles. The second-order valence-corrected chi connectivity index (χ2v) is 16.3. The van der Waals surface area contributed by atoms with Gasteiger partial charge in [-0.15, -0.1) is 0 Å². The van der Waals surface area contributed by atoms with Crippen LogP contribution in [0.1, 0.15) is 65.1 Å². The third-order valence-electron chi connectivity index (χ3n) is 9.49. The third kappa shape index (κ3) is 13.1. The molecule has 5 N–H and O–H groups in total. The summed E-state index contributed by atoms with van der Waals surface area (Å²) < 4.78 is 37.5.